The van der Waals surface area contributed by atoms with Gasteiger partial charge in [0.15, 0.2) is 6.29 Å². The molecular formula is C32H61NO10. The fourth-order valence-corrected chi connectivity index (χ4v) is 5.14. The van der Waals surface area contributed by atoms with Crippen LogP contribution in [0.5, 0.6) is 0 Å². The van der Waals surface area contributed by atoms with E-state index in [1.807, 2.05) is 0 Å². The molecule has 1 heterocycles. The van der Waals surface area contributed by atoms with Gasteiger partial charge < -0.3 is 50.5 Å². The lowest BCUT2D eigenvalue weighted by Gasteiger charge is -2.40. The Hall–Kier alpha value is -1.15. The van der Waals surface area contributed by atoms with Gasteiger partial charge in [0.1, 0.15) is 36.6 Å². The lowest BCUT2D eigenvalue weighted by Crippen LogP contribution is -2.60. The Bertz CT molecular complexity index is 724. The average molecular weight is 620 g/mol. The van der Waals surface area contributed by atoms with Crippen molar-refractivity contribution in [1.82, 2.24) is 5.32 Å². The van der Waals surface area contributed by atoms with Gasteiger partial charge in [-0.2, -0.15) is 0 Å². The van der Waals surface area contributed by atoms with Crippen LogP contribution in [0.4, 0.5) is 0 Å². The molecule has 0 radical (unpaired) electrons. The predicted octanol–water partition coefficient (Wildman–Crippen LogP) is 2.21. The number of carbonyl (C=O) groups excluding carboxylic acids is 1. The molecule has 0 bridgehead atoms. The molecule has 11 heteroatoms. The lowest BCUT2D eigenvalue weighted by atomic mass is 9.98. The van der Waals surface area contributed by atoms with Crippen LogP contribution in [0.1, 0.15) is 117 Å². The second kappa shape index (κ2) is 24.1. The summed E-state index contributed by atoms with van der Waals surface area (Å²) in [5.41, 5.74) is 0. The van der Waals surface area contributed by atoms with E-state index in [0.717, 1.165) is 44.9 Å². The zero-order valence-electron chi connectivity index (χ0n) is 26.4. The molecule has 1 saturated heterocycles. The van der Waals surface area contributed by atoms with Crippen molar-refractivity contribution in [3.05, 3.63) is 12.2 Å². The minimum atomic E-state index is -1.66. The van der Waals surface area contributed by atoms with Crippen LogP contribution in [0.2, 0.25) is 0 Å². The Kier molecular flexibility index (Phi) is 22.4. The summed E-state index contributed by atoms with van der Waals surface area (Å²) in [6.45, 7) is 3.25. The van der Waals surface area contributed by atoms with E-state index < -0.39 is 74.2 Å². The van der Waals surface area contributed by atoms with Gasteiger partial charge in [0.2, 0.25) is 5.91 Å². The van der Waals surface area contributed by atoms with E-state index in [4.69, 9.17) is 9.47 Å². The third-order valence-corrected chi connectivity index (χ3v) is 8.07. The molecule has 8 N–H and O–H groups in total. The van der Waals surface area contributed by atoms with Gasteiger partial charge in [-0.05, 0) is 38.5 Å². The third kappa shape index (κ3) is 16.1. The number of aliphatic hydroxyl groups excluding tert-OH is 7. The molecule has 1 rings (SSSR count). The number of amides is 1. The molecule has 1 aliphatic rings. The number of ether oxygens (including phenoxy) is 2. The van der Waals surface area contributed by atoms with Crippen molar-refractivity contribution in [2.45, 2.75) is 172 Å². The van der Waals surface area contributed by atoms with Crippen LogP contribution in [0, 0.1) is 0 Å². The van der Waals surface area contributed by atoms with Crippen LogP contribution in [0.3, 0.4) is 0 Å². The van der Waals surface area contributed by atoms with Gasteiger partial charge in [0.05, 0.1) is 25.4 Å². The van der Waals surface area contributed by atoms with E-state index in [0.29, 0.717) is 12.8 Å². The Balaban J connectivity index is 2.70. The molecule has 0 aromatic heterocycles. The number of allylic oxidation sites excluding steroid dienone is 2. The summed E-state index contributed by atoms with van der Waals surface area (Å²) in [7, 11) is 0. The Labute approximate surface area is 258 Å². The van der Waals surface area contributed by atoms with E-state index in [9.17, 15) is 40.5 Å². The summed E-state index contributed by atoms with van der Waals surface area (Å²) in [6, 6.07) is -1.17. The summed E-state index contributed by atoms with van der Waals surface area (Å²) < 4.78 is 10.9. The smallest absolute Gasteiger partial charge is 0.249 e. The molecule has 0 aromatic carbocycles. The zero-order valence-corrected chi connectivity index (χ0v) is 26.4. The van der Waals surface area contributed by atoms with Crippen LogP contribution < -0.4 is 5.32 Å². The molecule has 1 aliphatic heterocycles. The average Bonchev–Trinajstić information content (AvgIpc) is 3.00. The summed E-state index contributed by atoms with van der Waals surface area (Å²) >= 11 is 0. The van der Waals surface area contributed by atoms with Crippen LogP contribution >= 0.6 is 0 Å². The van der Waals surface area contributed by atoms with Crippen molar-refractivity contribution in [3.8, 4) is 0 Å². The first kappa shape index (κ1) is 39.9. The van der Waals surface area contributed by atoms with E-state index in [1.54, 1.807) is 0 Å². The first-order valence-corrected chi connectivity index (χ1v) is 16.6. The summed E-state index contributed by atoms with van der Waals surface area (Å²) in [5.74, 6) is -0.716. The highest BCUT2D eigenvalue weighted by molar-refractivity contribution is 5.80. The topological polar surface area (TPSA) is 189 Å². The summed E-state index contributed by atoms with van der Waals surface area (Å²) in [4.78, 5) is 12.8. The maximum Gasteiger partial charge on any atom is 0.249 e. The molecule has 254 valence electrons. The maximum absolute atomic E-state index is 12.8. The molecule has 0 aromatic rings. The van der Waals surface area contributed by atoms with E-state index in [1.165, 1.54) is 32.1 Å². The number of nitrogens with one attached hydrogen (secondary N) is 1. The molecule has 0 spiro atoms. The number of rotatable bonds is 25. The minimum Gasteiger partial charge on any atom is -0.394 e. The Morgan fingerprint density at radius 1 is 0.791 bits per heavy atom. The van der Waals surface area contributed by atoms with Crippen LogP contribution in [0.15, 0.2) is 12.2 Å². The van der Waals surface area contributed by atoms with Gasteiger partial charge in [0.25, 0.3) is 0 Å². The monoisotopic (exact) mass is 619 g/mol. The Morgan fingerprint density at radius 3 is 2.00 bits per heavy atom. The highest BCUT2D eigenvalue weighted by Crippen LogP contribution is 2.23. The van der Waals surface area contributed by atoms with Crippen molar-refractivity contribution in [1.29, 1.82) is 0 Å². The first-order chi connectivity index (χ1) is 20.7. The summed E-state index contributed by atoms with van der Waals surface area (Å²) in [6.07, 6.45) is 7.55. The third-order valence-electron chi connectivity index (χ3n) is 8.07. The van der Waals surface area contributed by atoms with Gasteiger partial charge in [-0.1, -0.05) is 90.2 Å². The minimum absolute atomic E-state index is 0.254. The van der Waals surface area contributed by atoms with Gasteiger partial charge >= 0.3 is 0 Å². The summed E-state index contributed by atoms with van der Waals surface area (Å²) in [5, 5.41) is 74.5. The normalized spacial score (nSPS) is 25.5. The number of hydrogen-bond acceptors (Lipinski definition) is 10. The molecule has 9 unspecified atom stereocenters. The van der Waals surface area contributed by atoms with E-state index >= 15 is 0 Å². The molecule has 1 amide bonds. The van der Waals surface area contributed by atoms with Crippen molar-refractivity contribution in [2.75, 3.05) is 13.2 Å². The van der Waals surface area contributed by atoms with Crippen LogP contribution in [-0.2, 0) is 14.3 Å². The fraction of sp³-hybridized carbons (Fsp3) is 0.906. The van der Waals surface area contributed by atoms with E-state index in [2.05, 4.69) is 31.3 Å². The van der Waals surface area contributed by atoms with Gasteiger partial charge in [-0.25, -0.2) is 0 Å². The van der Waals surface area contributed by atoms with Crippen molar-refractivity contribution in [3.63, 3.8) is 0 Å². The highest BCUT2D eigenvalue weighted by atomic mass is 16.7. The number of hydrogen-bond donors (Lipinski definition) is 8. The standard InChI is InChI=1S/C32H61NO10/c1-3-5-7-9-11-13-15-17-19-24(35)27(37)23(22-42-32-30(40)29(39)28(38)26(21-34)43-32)33-31(41)25(36)20-18-16-14-12-10-8-6-4-2/h11,13,23-30,32,34-40H,3-10,12,14-22H2,1-2H3,(H,33,41)/b13-11+. The SMILES string of the molecule is CCCCC/C=C/CCCC(O)C(O)C(COC1OC(CO)C(O)C(O)C1O)NC(=O)C(O)CCCCCCCCCC. The zero-order chi connectivity index (χ0) is 32.0. The second-order valence-electron chi connectivity index (χ2n) is 11.9. The van der Waals surface area contributed by atoms with Crippen LogP contribution in [-0.4, -0.2) is 110 Å². The molecular weight excluding hydrogens is 558 g/mol. The lowest BCUT2D eigenvalue weighted by molar-refractivity contribution is -0.303. The first-order valence-electron chi connectivity index (χ1n) is 16.6. The second-order valence-corrected chi connectivity index (χ2v) is 11.9. The largest absolute Gasteiger partial charge is 0.394 e. The van der Waals surface area contributed by atoms with Crippen molar-refractivity contribution < 1.29 is 50.0 Å². The van der Waals surface area contributed by atoms with Crippen molar-refractivity contribution in [2.24, 2.45) is 0 Å². The van der Waals surface area contributed by atoms with Crippen LogP contribution in [0.25, 0.3) is 0 Å². The highest BCUT2D eigenvalue weighted by Gasteiger charge is 2.44. The number of carbonyl (C=O) groups is 1. The Morgan fingerprint density at radius 2 is 1.37 bits per heavy atom. The van der Waals surface area contributed by atoms with E-state index in [-0.39, 0.29) is 12.8 Å². The van der Waals surface area contributed by atoms with Gasteiger partial charge in [-0.3, -0.25) is 4.79 Å². The molecule has 0 saturated carbocycles. The molecule has 9 atom stereocenters. The fourth-order valence-electron chi connectivity index (χ4n) is 5.14. The molecule has 0 aliphatic carbocycles. The van der Waals surface area contributed by atoms with Gasteiger partial charge in [-0.15, -0.1) is 0 Å². The molecule has 1 fully saturated rings. The predicted molar refractivity (Wildman–Crippen MR) is 164 cm³/mol. The quantitative estimate of drug-likeness (QED) is 0.0556. The van der Waals surface area contributed by atoms with Gasteiger partial charge in [0, 0.05) is 0 Å². The molecule has 43 heavy (non-hydrogen) atoms. The number of aliphatic hydroxyl groups is 7. The maximum atomic E-state index is 12.8. The van der Waals surface area contributed by atoms with Crippen molar-refractivity contribution >= 4 is 5.91 Å². The number of unbranched alkanes of at least 4 members (excludes halogenated alkanes) is 11. The molecule has 11 nitrogen and oxygen atoms in total.